The normalized spacial score (nSPS) is 12.5. The fourth-order valence-electron chi connectivity index (χ4n) is 24.0. The summed E-state index contributed by atoms with van der Waals surface area (Å²) < 4.78 is 0. The Labute approximate surface area is 852 Å². The Morgan fingerprint density at radius 2 is 0.301 bits per heavy atom. The van der Waals surface area contributed by atoms with Crippen molar-refractivity contribution in [2.45, 2.75) is 10.8 Å². The van der Waals surface area contributed by atoms with Crippen molar-refractivity contribution in [2.24, 2.45) is 0 Å². The molecule has 0 aliphatic heterocycles. The summed E-state index contributed by atoms with van der Waals surface area (Å²) in [5.41, 5.74) is 46.4. The van der Waals surface area contributed by atoms with E-state index in [-0.39, 0.29) is 0 Å². The largest absolute Gasteiger partial charge is 0.310 e. The van der Waals surface area contributed by atoms with Crippen molar-refractivity contribution >= 4 is 89.8 Å². The number of hydrogen-bond donors (Lipinski definition) is 0. The summed E-state index contributed by atoms with van der Waals surface area (Å²) in [6.07, 6.45) is 0. The van der Waals surface area contributed by atoms with Crippen LogP contribution in [0.3, 0.4) is 0 Å². The van der Waals surface area contributed by atoms with Gasteiger partial charge in [0.2, 0.25) is 0 Å². The highest BCUT2D eigenvalue weighted by molar-refractivity contribution is 6.07. The van der Waals surface area contributed by atoms with Gasteiger partial charge < -0.3 is 19.6 Å². The van der Waals surface area contributed by atoms with E-state index in [1.165, 1.54) is 177 Å². The second kappa shape index (κ2) is 36.3. The number of rotatable bonds is 18. The Kier molecular flexibility index (Phi) is 21.4. The summed E-state index contributed by atoms with van der Waals surface area (Å²) in [5.74, 6) is 0. The van der Waals surface area contributed by atoms with E-state index in [9.17, 15) is 0 Å². The lowest BCUT2D eigenvalue weighted by atomic mass is 9.70. The lowest BCUT2D eigenvalue weighted by Crippen LogP contribution is -2.26. The van der Waals surface area contributed by atoms with Gasteiger partial charge in [0.1, 0.15) is 0 Å². The molecule has 146 heavy (non-hydrogen) atoms. The van der Waals surface area contributed by atoms with Crippen LogP contribution < -0.4 is 19.6 Å². The third kappa shape index (κ3) is 14.6. The molecule has 0 bridgehead atoms. The van der Waals surface area contributed by atoms with Gasteiger partial charge in [-0.1, -0.05) is 449 Å². The zero-order chi connectivity index (χ0) is 96.6. The van der Waals surface area contributed by atoms with Crippen molar-refractivity contribution in [3.05, 3.63) is 627 Å². The molecule has 0 amide bonds. The summed E-state index contributed by atoms with van der Waals surface area (Å²) in [6.45, 7) is 0. The van der Waals surface area contributed by atoms with E-state index < -0.39 is 10.8 Å². The highest BCUT2D eigenvalue weighted by Crippen LogP contribution is 2.69. The number of para-hydroxylation sites is 2. The number of hydrogen-bond acceptors (Lipinski definition) is 4. The number of benzene rings is 24. The second-order valence-corrected chi connectivity index (χ2v) is 38.4. The highest BCUT2D eigenvalue weighted by Gasteiger charge is 2.55. The molecule has 0 fully saturated rings. The van der Waals surface area contributed by atoms with Crippen molar-refractivity contribution in [3.63, 3.8) is 0 Å². The van der Waals surface area contributed by atoms with Crippen LogP contribution in [-0.2, 0) is 10.8 Å². The van der Waals surface area contributed by atoms with Crippen LogP contribution in [0.4, 0.5) is 68.2 Å². The Balaban J connectivity index is 0.000000145. The molecule has 4 heteroatoms. The van der Waals surface area contributed by atoms with Crippen molar-refractivity contribution in [2.75, 3.05) is 19.6 Å². The maximum Gasteiger partial charge on any atom is 0.0727 e. The first-order valence-electron chi connectivity index (χ1n) is 50.5. The second-order valence-electron chi connectivity index (χ2n) is 38.4. The molecule has 0 saturated heterocycles. The average molecular weight is 1860 g/mol. The Morgan fingerprint density at radius 3 is 0.582 bits per heavy atom. The monoisotopic (exact) mass is 1860 g/mol. The van der Waals surface area contributed by atoms with Crippen LogP contribution in [0.15, 0.2) is 582 Å². The predicted octanol–water partition coefficient (Wildman–Crippen LogP) is 38.2. The molecular weight excluding hydrogens is 1760 g/mol. The Bertz CT molecular complexity index is 8790. The van der Waals surface area contributed by atoms with E-state index in [1.54, 1.807) is 0 Å². The van der Waals surface area contributed by atoms with Gasteiger partial charge in [-0.3, -0.25) is 0 Å². The molecule has 4 aliphatic rings. The van der Waals surface area contributed by atoms with Gasteiger partial charge in [-0.05, 0) is 300 Å². The number of nitrogens with zero attached hydrogens (tertiary/aromatic N) is 4. The molecule has 0 radical (unpaired) electrons. The van der Waals surface area contributed by atoms with Crippen LogP contribution in [0.25, 0.3) is 133 Å². The van der Waals surface area contributed by atoms with Gasteiger partial charge in [0.05, 0.1) is 22.2 Å². The number of anilines is 12. The van der Waals surface area contributed by atoms with Gasteiger partial charge in [-0.25, -0.2) is 0 Å². The quantitative estimate of drug-likeness (QED) is 0.0849. The first kappa shape index (κ1) is 86.1. The van der Waals surface area contributed by atoms with Crippen LogP contribution in [0.5, 0.6) is 0 Å². The molecule has 0 saturated carbocycles. The first-order chi connectivity index (χ1) is 72.4. The molecule has 24 aromatic carbocycles. The lowest BCUT2D eigenvalue weighted by Gasteiger charge is -2.34. The van der Waals surface area contributed by atoms with Crippen LogP contribution in [0, 0.1) is 0 Å². The minimum Gasteiger partial charge on any atom is -0.310 e. The van der Waals surface area contributed by atoms with Crippen molar-refractivity contribution < 1.29 is 0 Å². The van der Waals surface area contributed by atoms with E-state index in [4.69, 9.17) is 0 Å². The molecular formula is C142H96N4. The molecule has 0 heterocycles. The average Bonchev–Trinajstić information content (AvgIpc) is 1.50. The SMILES string of the molecule is c1ccc(-c2ccc(N(c3ccc(-c4ccccc4)cc3)c3cc(N(c4ccc(-c5ccccc5)cc4)c4ccc(-c5ccccc5)cc4)c4c(c3)C3(c5ccccc5-c5ccccc53)c3ccccc3-4)cc2)cc1.c1ccc(N(c2ccc(-c3ccc4ccccc4c3)cc2)c2cc(N(c3ccccc3)c3ccc(-c4ccc5ccccc5c4)cc3)c3c(c2)C2(c4ccccc4-c4ccccc42)c2ccccc2-3)cc1. The molecule has 24 aromatic rings. The van der Waals surface area contributed by atoms with E-state index >= 15 is 0 Å². The standard InChI is InChI=1S/C73H50N2.C69H46N2/c1-5-19-51(20-6-1)55-33-41-59(42-34-55)74(60-43-35-56(36-44-60)52-21-7-2-8-22-52)63-49-70-72(66-29-15-18-32-69(66)73(70)67-30-16-13-27-64(67)65-28-14-17-31-68(65)73)71(50-63)75(61-45-37-57(38-46-61)53-23-9-3-10-24-53)62-47-39-58(40-48-62)54-25-11-4-12-26-54;1-3-21-55(22-4-1)70(57-39-35-49(36-40-57)53-33-31-47-17-7-9-19-51(47)43-53)59-45-66-68(62-27-13-16-30-65(62)69(66)63-28-14-11-25-60(63)61-26-12-15-29-64(61)69)67(46-59)71(56-23-5-2-6-24-56)58-41-37-50(38-42-58)54-34-32-48-18-8-10-20-52(48)44-54/h1-50H;1-46H. The van der Waals surface area contributed by atoms with E-state index in [0.717, 1.165) is 68.2 Å². The minimum atomic E-state index is -0.607. The van der Waals surface area contributed by atoms with Crippen LogP contribution in [0.1, 0.15) is 44.5 Å². The summed E-state index contributed by atoms with van der Waals surface area (Å²) in [6, 6.07) is 215. The van der Waals surface area contributed by atoms with E-state index in [0.29, 0.717) is 0 Å². The number of fused-ring (bicyclic) bond motifs is 22. The van der Waals surface area contributed by atoms with Crippen LogP contribution in [0.2, 0.25) is 0 Å². The summed E-state index contributed by atoms with van der Waals surface area (Å²) in [4.78, 5) is 9.90. The van der Waals surface area contributed by atoms with Gasteiger partial charge in [-0.15, -0.1) is 0 Å². The maximum absolute atomic E-state index is 2.52. The summed E-state index contributed by atoms with van der Waals surface area (Å²) in [7, 11) is 0. The molecule has 0 N–H and O–H groups in total. The van der Waals surface area contributed by atoms with Gasteiger partial charge in [0, 0.05) is 68.0 Å². The Morgan fingerprint density at radius 1 is 0.110 bits per heavy atom. The van der Waals surface area contributed by atoms with E-state index in [2.05, 4.69) is 602 Å². The molecule has 4 nitrogen and oxygen atoms in total. The first-order valence-corrected chi connectivity index (χ1v) is 50.5. The predicted molar refractivity (Wildman–Crippen MR) is 612 cm³/mol. The van der Waals surface area contributed by atoms with Gasteiger partial charge in [-0.2, -0.15) is 0 Å². The van der Waals surface area contributed by atoms with E-state index in [1.807, 2.05) is 0 Å². The van der Waals surface area contributed by atoms with Crippen molar-refractivity contribution in [1.29, 1.82) is 0 Å². The molecule has 2 spiro atoms. The maximum atomic E-state index is 2.52. The minimum absolute atomic E-state index is 0.575. The third-order valence-corrected chi connectivity index (χ3v) is 30.5. The molecule has 684 valence electrons. The Hall–Kier alpha value is -19.0. The van der Waals surface area contributed by atoms with Crippen LogP contribution >= 0.6 is 0 Å². The highest BCUT2D eigenvalue weighted by atomic mass is 15.2. The smallest absolute Gasteiger partial charge is 0.0727 e. The zero-order valence-electron chi connectivity index (χ0n) is 80.2. The fraction of sp³-hybridized carbons (Fsp3) is 0.0141. The van der Waals surface area contributed by atoms with Crippen LogP contribution in [-0.4, -0.2) is 0 Å². The zero-order valence-corrected chi connectivity index (χ0v) is 80.2. The fourth-order valence-corrected chi connectivity index (χ4v) is 24.0. The molecule has 0 atom stereocenters. The summed E-state index contributed by atoms with van der Waals surface area (Å²) >= 11 is 0. The molecule has 4 aliphatic carbocycles. The van der Waals surface area contributed by atoms with Gasteiger partial charge in [0.25, 0.3) is 0 Å². The molecule has 28 rings (SSSR count). The van der Waals surface area contributed by atoms with Gasteiger partial charge in [0.15, 0.2) is 0 Å². The lowest BCUT2D eigenvalue weighted by molar-refractivity contribution is 0.793. The molecule has 0 aromatic heterocycles. The summed E-state index contributed by atoms with van der Waals surface area (Å²) in [5, 5.41) is 4.96. The van der Waals surface area contributed by atoms with Crippen molar-refractivity contribution in [3.8, 4) is 111 Å². The van der Waals surface area contributed by atoms with Gasteiger partial charge >= 0.3 is 0 Å². The third-order valence-electron chi connectivity index (χ3n) is 30.5. The van der Waals surface area contributed by atoms with Crippen molar-refractivity contribution in [1.82, 2.24) is 0 Å². The molecule has 0 unspecified atom stereocenters. The topological polar surface area (TPSA) is 13.0 Å².